The molecular formula is C18H39O7P. The molecule has 0 saturated carbocycles. The predicted molar refractivity (Wildman–Crippen MR) is 106 cm³/mol. The van der Waals surface area contributed by atoms with Crippen LogP contribution in [0.5, 0.6) is 0 Å². The predicted octanol–water partition coefficient (Wildman–Crippen LogP) is 2.40. The molecule has 0 bridgehead atoms. The first kappa shape index (κ1) is 25.7. The van der Waals surface area contributed by atoms with Crippen molar-refractivity contribution in [2.45, 2.75) is 20.3 Å². The van der Waals surface area contributed by atoms with Crippen molar-refractivity contribution in [2.24, 2.45) is 0 Å². The monoisotopic (exact) mass is 398 g/mol. The molecule has 0 aliphatic rings. The van der Waals surface area contributed by atoms with Gasteiger partial charge in [-0.2, -0.15) is 0 Å². The van der Waals surface area contributed by atoms with Crippen LogP contribution in [0.1, 0.15) is 20.3 Å². The number of hydrogen-bond donors (Lipinski definition) is 0. The minimum atomic E-state index is -2.49. The average molecular weight is 398 g/mol. The van der Waals surface area contributed by atoms with Crippen molar-refractivity contribution in [3.8, 4) is 0 Å². The minimum absolute atomic E-state index is 0.183. The quantitative estimate of drug-likeness (QED) is 0.259. The molecule has 0 radical (unpaired) electrons. The van der Waals surface area contributed by atoms with Gasteiger partial charge in [0.25, 0.3) is 0 Å². The molecule has 0 aromatic carbocycles. The molecule has 0 fully saturated rings. The Kier molecular flexibility index (Phi) is 14.6. The van der Waals surface area contributed by atoms with Gasteiger partial charge in [-0.3, -0.25) is 0 Å². The molecule has 0 unspecified atom stereocenters. The molecule has 0 atom stereocenters. The van der Waals surface area contributed by atoms with Crippen LogP contribution in [0.25, 0.3) is 0 Å². The summed E-state index contributed by atoms with van der Waals surface area (Å²) in [6.45, 7) is 7.94. The molecule has 0 saturated heterocycles. The summed E-state index contributed by atoms with van der Waals surface area (Å²) in [4.78, 5) is 12.2. The third-order valence-electron chi connectivity index (χ3n) is 4.72. The molecule has 0 aliphatic heterocycles. The number of rotatable bonds is 18. The van der Waals surface area contributed by atoms with Crippen molar-refractivity contribution in [2.75, 3.05) is 92.2 Å². The van der Waals surface area contributed by atoms with E-state index >= 15 is 0 Å². The zero-order valence-electron chi connectivity index (χ0n) is 17.3. The summed E-state index contributed by atoms with van der Waals surface area (Å²) in [5.41, 5.74) is 0. The summed E-state index contributed by atoms with van der Waals surface area (Å²) in [5, 5.41) is 0. The zero-order valence-corrected chi connectivity index (χ0v) is 18.2. The standard InChI is InChI=1S/C18H39O7P/c1-6-26(5,7-2,17-16-21-4)25-18(19)8-9-22-12-13-24-15-14-23-11-10-20-3/h6-17H2,1-5H3. The molecular weight excluding hydrogens is 359 g/mol. The third kappa shape index (κ3) is 11.4. The fourth-order valence-corrected chi connectivity index (χ4v) is 5.12. The van der Waals surface area contributed by atoms with E-state index in [0.717, 1.165) is 18.5 Å². The summed E-state index contributed by atoms with van der Waals surface area (Å²) in [7, 11) is 3.31. The Bertz CT molecular complexity index is 361. The van der Waals surface area contributed by atoms with Crippen LogP contribution in [-0.4, -0.2) is 98.2 Å². The molecule has 0 heterocycles. The first-order chi connectivity index (χ1) is 12.4. The average Bonchev–Trinajstić information content (AvgIpc) is 2.65. The van der Waals surface area contributed by atoms with Crippen LogP contribution < -0.4 is 0 Å². The van der Waals surface area contributed by atoms with Gasteiger partial charge < -0.3 is 4.74 Å². The van der Waals surface area contributed by atoms with E-state index in [1.54, 1.807) is 14.2 Å². The van der Waals surface area contributed by atoms with E-state index in [4.69, 9.17) is 28.2 Å². The Labute approximate surface area is 159 Å². The number of carbonyl (C=O) groups excluding carboxylic acids is 1. The van der Waals surface area contributed by atoms with E-state index in [1.807, 2.05) is 0 Å². The second-order valence-corrected chi connectivity index (χ2v) is 12.9. The molecule has 0 aliphatic carbocycles. The summed E-state index contributed by atoms with van der Waals surface area (Å²) in [6.07, 6.45) is 2.82. The van der Waals surface area contributed by atoms with E-state index in [0.29, 0.717) is 52.9 Å². The van der Waals surface area contributed by atoms with Gasteiger partial charge in [-0.1, -0.05) is 0 Å². The minimum Gasteiger partial charge on any atom is -0.382 e. The van der Waals surface area contributed by atoms with Gasteiger partial charge in [-0.15, -0.1) is 0 Å². The molecule has 0 aromatic rings. The Hall–Kier alpha value is -0.300. The van der Waals surface area contributed by atoms with E-state index < -0.39 is 6.83 Å². The molecule has 0 rings (SSSR count). The maximum atomic E-state index is 12.2. The van der Waals surface area contributed by atoms with E-state index in [9.17, 15) is 4.79 Å². The van der Waals surface area contributed by atoms with Gasteiger partial charge in [0, 0.05) is 7.11 Å². The fourth-order valence-electron chi connectivity index (χ4n) is 2.27. The van der Waals surface area contributed by atoms with Crippen molar-refractivity contribution < 1.29 is 33.0 Å². The SMILES string of the molecule is CCP(C)(CC)(CCOC)OC(=O)CCOCCOCCOCCOC. The van der Waals surface area contributed by atoms with Crippen LogP contribution in [0.15, 0.2) is 0 Å². The first-order valence-corrected chi connectivity index (χ1v) is 12.5. The second-order valence-electron chi connectivity index (χ2n) is 6.58. The Morgan fingerprint density at radius 3 is 1.65 bits per heavy atom. The number of hydrogen-bond acceptors (Lipinski definition) is 7. The van der Waals surface area contributed by atoms with Crippen LogP contribution in [-0.2, 0) is 33.0 Å². The molecule has 8 heteroatoms. The van der Waals surface area contributed by atoms with Gasteiger partial charge in [0.15, 0.2) is 0 Å². The molecule has 0 amide bonds. The molecule has 158 valence electrons. The van der Waals surface area contributed by atoms with E-state index in [1.165, 1.54) is 0 Å². The van der Waals surface area contributed by atoms with Gasteiger partial charge >= 0.3 is 140 Å². The molecule has 0 spiro atoms. The summed E-state index contributed by atoms with van der Waals surface area (Å²) < 4.78 is 32.2. The number of ether oxygens (including phenoxy) is 5. The Morgan fingerprint density at radius 2 is 1.19 bits per heavy atom. The van der Waals surface area contributed by atoms with E-state index in [-0.39, 0.29) is 12.4 Å². The van der Waals surface area contributed by atoms with Crippen molar-refractivity contribution in [3.63, 3.8) is 0 Å². The van der Waals surface area contributed by atoms with E-state index in [2.05, 4.69) is 20.5 Å². The maximum absolute atomic E-state index is 12.2. The number of methoxy groups -OCH3 is 2. The molecule has 26 heavy (non-hydrogen) atoms. The summed E-state index contributed by atoms with van der Waals surface area (Å²) in [5.74, 6) is -0.183. The fraction of sp³-hybridized carbons (Fsp3) is 0.944. The first-order valence-electron chi connectivity index (χ1n) is 9.38. The molecule has 7 nitrogen and oxygen atoms in total. The van der Waals surface area contributed by atoms with Gasteiger partial charge in [-0.05, 0) is 0 Å². The van der Waals surface area contributed by atoms with Crippen LogP contribution in [0, 0.1) is 0 Å². The summed E-state index contributed by atoms with van der Waals surface area (Å²) >= 11 is 0. The van der Waals surface area contributed by atoms with Gasteiger partial charge in [0.1, 0.15) is 0 Å². The molecule has 0 aromatic heterocycles. The van der Waals surface area contributed by atoms with Crippen molar-refractivity contribution in [1.29, 1.82) is 0 Å². The van der Waals surface area contributed by atoms with Crippen LogP contribution >= 0.6 is 6.83 Å². The van der Waals surface area contributed by atoms with Crippen LogP contribution in [0.3, 0.4) is 0 Å². The second kappa shape index (κ2) is 14.7. The third-order valence-corrected chi connectivity index (χ3v) is 10.5. The van der Waals surface area contributed by atoms with Crippen LogP contribution in [0.2, 0.25) is 0 Å². The van der Waals surface area contributed by atoms with Crippen molar-refractivity contribution >= 4 is 12.8 Å². The van der Waals surface area contributed by atoms with Crippen molar-refractivity contribution in [1.82, 2.24) is 0 Å². The normalized spacial score (nSPS) is 13.3. The number of carbonyl (C=O) groups is 1. The zero-order chi connectivity index (χ0) is 19.8. The van der Waals surface area contributed by atoms with Crippen molar-refractivity contribution in [3.05, 3.63) is 0 Å². The Morgan fingerprint density at radius 1 is 0.731 bits per heavy atom. The Balaban J connectivity index is 3.84. The van der Waals surface area contributed by atoms with Gasteiger partial charge in [-0.25, -0.2) is 0 Å². The van der Waals surface area contributed by atoms with Gasteiger partial charge in [0.2, 0.25) is 0 Å². The smallest absolute Gasteiger partial charge is 0.382 e. The molecule has 0 N–H and O–H groups in total. The van der Waals surface area contributed by atoms with Crippen LogP contribution in [0.4, 0.5) is 0 Å². The summed E-state index contributed by atoms with van der Waals surface area (Å²) in [6, 6.07) is 0. The topological polar surface area (TPSA) is 72.5 Å². The van der Waals surface area contributed by atoms with Gasteiger partial charge in [0.05, 0.1) is 6.61 Å².